The molecule has 1 fully saturated rings. The van der Waals surface area contributed by atoms with E-state index in [-0.39, 0.29) is 28.8 Å². The molecule has 4 heteroatoms. The van der Waals surface area contributed by atoms with E-state index in [0.717, 1.165) is 6.42 Å². The van der Waals surface area contributed by atoms with Crippen LogP contribution in [-0.4, -0.2) is 17.7 Å². The molecule has 0 spiro atoms. The van der Waals surface area contributed by atoms with Crippen LogP contribution in [0, 0.1) is 0 Å². The normalized spacial score (nSPS) is 21.7. The molecule has 1 radical (unpaired) electrons. The average molecular weight is 206 g/mol. The zero-order valence-corrected chi connectivity index (χ0v) is 7.13. The van der Waals surface area contributed by atoms with Gasteiger partial charge in [0.1, 0.15) is 0 Å². The van der Waals surface area contributed by atoms with E-state index in [9.17, 15) is 4.79 Å². The molecule has 0 aliphatic carbocycles. The van der Waals surface area contributed by atoms with E-state index in [1.54, 1.807) is 0 Å². The third-order valence-electron chi connectivity index (χ3n) is 1.49. The standard InChI is InChI=1S/C7H10O3.Cu/c1-5(8)6-3-2-4-10-7(6)9;/h8H,2-4H2,1H3;/b6-5-;. The van der Waals surface area contributed by atoms with Gasteiger partial charge in [0.05, 0.1) is 17.9 Å². The number of carbonyl (C=O) groups is 1. The molecule has 67 valence electrons. The van der Waals surface area contributed by atoms with Crippen LogP contribution in [0.4, 0.5) is 0 Å². The molecule has 0 amide bonds. The molecule has 1 N–H and O–H groups in total. The Bertz CT molecular complexity index is 182. The fourth-order valence-corrected chi connectivity index (χ4v) is 0.932. The van der Waals surface area contributed by atoms with Crippen molar-refractivity contribution in [3.63, 3.8) is 0 Å². The molecule has 0 bridgehead atoms. The molecule has 0 unspecified atom stereocenters. The first-order valence-corrected chi connectivity index (χ1v) is 3.27. The molecular weight excluding hydrogens is 196 g/mol. The van der Waals surface area contributed by atoms with Crippen LogP contribution in [0.25, 0.3) is 0 Å². The molecule has 0 aromatic rings. The van der Waals surface area contributed by atoms with Gasteiger partial charge in [-0.05, 0) is 19.8 Å². The van der Waals surface area contributed by atoms with E-state index >= 15 is 0 Å². The Kier molecular flexibility index (Phi) is 4.23. The summed E-state index contributed by atoms with van der Waals surface area (Å²) < 4.78 is 4.69. The predicted octanol–water partition coefficient (Wildman–Crippen LogP) is 1.15. The smallest absolute Gasteiger partial charge is 0.337 e. The first kappa shape index (κ1) is 10.5. The third-order valence-corrected chi connectivity index (χ3v) is 1.49. The van der Waals surface area contributed by atoms with Crippen LogP contribution in [-0.2, 0) is 26.6 Å². The molecule has 3 nitrogen and oxygen atoms in total. The summed E-state index contributed by atoms with van der Waals surface area (Å²) in [6, 6.07) is 0. The van der Waals surface area contributed by atoms with Crippen LogP contribution >= 0.6 is 0 Å². The van der Waals surface area contributed by atoms with E-state index in [0.29, 0.717) is 18.6 Å². The van der Waals surface area contributed by atoms with Crippen molar-refractivity contribution in [1.82, 2.24) is 0 Å². The number of esters is 1. The quantitative estimate of drug-likeness (QED) is 0.279. The number of hydrogen-bond donors (Lipinski definition) is 1. The Morgan fingerprint density at radius 2 is 2.27 bits per heavy atom. The molecule has 1 heterocycles. The Labute approximate surface area is 75.9 Å². The summed E-state index contributed by atoms with van der Waals surface area (Å²) in [6.45, 7) is 1.98. The van der Waals surface area contributed by atoms with E-state index < -0.39 is 0 Å². The van der Waals surface area contributed by atoms with E-state index in [1.807, 2.05) is 0 Å². The molecule has 1 aliphatic rings. The second kappa shape index (κ2) is 4.42. The Morgan fingerprint density at radius 3 is 2.64 bits per heavy atom. The molecule has 1 rings (SSSR count). The van der Waals surface area contributed by atoms with E-state index in [2.05, 4.69) is 0 Å². The van der Waals surface area contributed by atoms with E-state index in [4.69, 9.17) is 9.84 Å². The van der Waals surface area contributed by atoms with Gasteiger partial charge in [-0.3, -0.25) is 0 Å². The summed E-state index contributed by atoms with van der Waals surface area (Å²) in [5.41, 5.74) is 0.422. The van der Waals surface area contributed by atoms with Crippen LogP contribution in [0.3, 0.4) is 0 Å². The largest absolute Gasteiger partial charge is 0.512 e. The van der Waals surface area contributed by atoms with Crippen LogP contribution in [0.15, 0.2) is 11.3 Å². The fourth-order valence-electron chi connectivity index (χ4n) is 0.932. The van der Waals surface area contributed by atoms with E-state index in [1.165, 1.54) is 6.92 Å². The molecule has 0 aromatic carbocycles. The van der Waals surface area contributed by atoms with Crippen molar-refractivity contribution in [2.45, 2.75) is 19.8 Å². The number of allylic oxidation sites excluding steroid dienone is 1. The number of aliphatic hydroxyl groups excluding tert-OH is 1. The molecule has 0 saturated carbocycles. The van der Waals surface area contributed by atoms with Crippen LogP contribution in [0.2, 0.25) is 0 Å². The van der Waals surface area contributed by atoms with Crippen LogP contribution in [0.1, 0.15) is 19.8 Å². The zero-order chi connectivity index (χ0) is 7.56. The molecular formula is C7H10CuO3. The van der Waals surface area contributed by atoms with Gasteiger partial charge in [-0.1, -0.05) is 0 Å². The van der Waals surface area contributed by atoms with Gasteiger partial charge >= 0.3 is 5.97 Å². The van der Waals surface area contributed by atoms with Crippen molar-refractivity contribution in [3.05, 3.63) is 11.3 Å². The van der Waals surface area contributed by atoms with Gasteiger partial charge in [-0.2, -0.15) is 0 Å². The summed E-state index contributed by atoms with van der Waals surface area (Å²) in [5, 5.41) is 8.93. The SMILES string of the molecule is C/C(O)=C1\CCCOC1=O.[Cu]. The fraction of sp³-hybridized carbons (Fsp3) is 0.571. The maximum absolute atomic E-state index is 10.8. The van der Waals surface area contributed by atoms with Crippen molar-refractivity contribution in [3.8, 4) is 0 Å². The second-order valence-electron chi connectivity index (χ2n) is 2.30. The summed E-state index contributed by atoms with van der Waals surface area (Å²) in [4.78, 5) is 10.8. The minimum absolute atomic E-state index is 0. The summed E-state index contributed by atoms with van der Waals surface area (Å²) >= 11 is 0. The van der Waals surface area contributed by atoms with Crippen molar-refractivity contribution >= 4 is 5.97 Å². The Hall–Kier alpha value is -0.471. The van der Waals surface area contributed by atoms with Gasteiger partial charge < -0.3 is 9.84 Å². The number of ether oxygens (including phenoxy) is 1. The zero-order valence-electron chi connectivity index (χ0n) is 6.19. The number of carbonyl (C=O) groups excluding carboxylic acids is 1. The monoisotopic (exact) mass is 205 g/mol. The first-order valence-electron chi connectivity index (χ1n) is 3.27. The summed E-state index contributed by atoms with van der Waals surface area (Å²) in [5.74, 6) is -0.282. The summed E-state index contributed by atoms with van der Waals surface area (Å²) in [7, 11) is 0. The van der Waals surface area contributed by atoms with Crippen LogP contribution < -0.4 is 0 Å². The molecule has 1 aliphatic heterocycles. The maximum Gasteiger partial charge on any atom is 0.337 e. The Balaban J connectivity index is 0.000001000. The third kappa shape index (κ3) is 2.56. The minimum atomic E-state index is -0.369. The average Bonchev–Trinajstić information content (AvgIpc) is 1.88. The van der Waals surface area contributed by atoms with Crippen LogP contribution in [0.5, 0.6) is 0 Å². The predicted molar refractivity (Wildman–Crippen MR) is 35.5 cm³/mol. The maximum atomic E-state index is 10.8. The van der Waals surface area contributed by atoms with Crippen molar-refractivity contribution in [1.29, 1.82) is 0 Å². The molecule has 0 atom stereocenters. The molecule has 1 saturated heterocycles. The van der Waals surface area contributed by atoms with Gasteiger partial charge in [0.15, 0.2) is 0 Å². The number of rotatable bonds is 0. The number of aliphatic hydroxyl groups is 1. The van der Waals surface area contributed by atoms with Crippen molar-refractivity contribution in [2.75, 3.05) is 6.61 Å². The van der Waals surface area contributed by atoms with Gasteiger partial charge in [-0.25, -0.2) is 4.79 Å². The summed E-state index contributed by atoms with van der Waals surface area (Å²) in [6.07, 6.45) is 1.46. The minimum Gasteiger partial charge on any atom is -0.512 e. The van der Waals surface area contributed by atoms with Gasteiger partial charge in [-0.15, -0.1) is 0 Å². The second-order valence-corrected chi connectivity index (χ2v) is 2.30. The molecule has 0 aromatic heterocycles. The van der Waals surface area contributed by atoms with Crippen molar-refractivity contribution in [2.24, 2.45) is 0 Å². The van der Waals surface area contributed by atoms with Gasteiger partial charge in [0.2, 0.25) is 0 Å². The van der Waals surface area contributed by atoms with Gasteiger partial charge in [0, 0.05) is 17.1 Å². The van der Waals surface area contributed by atoms with Gasteiger partial charge in [0.25, 0.3) is 0 Å². The van der Waals surface area contributed by atoms with Crippen molar-refractivity contribution < 1.29 is 31.7 Å². The number of cyclic esters (lactones) is 1. The molecule has 11 heavy (non-hydrogen) atoms. The number of hydrogen-bond acceptors (Lipinski definition) is 3. The topological polar surface area (TPSA) is 46.5 Å². The Morgan fingerprint density at radius 1 is 1.64 bits per heavy atom. The first-order chi connectivity index (χ1) is 4.72.